The van der Waals surface area contributed by atoms with Crippen molar-refractivity contribution in [3.05, 3.63) is 0 Å². The Bertz CT molecular complexity index is 376. The Morgan fingerprint density at radius 1 is 0.875 bits per heavy atom. The molecule has 0 aliphatic carbocycles. The van der Waals surface area contributed by atoms with Gasteiger partial charge in [-0.2, -0.15) is 0 Å². The van der Waals surface area contributed by atoms with Crippen LogP contribution in [0.5, 0.6) is 0 Å². The number of alkyl carbamates (subject to hydrolysis) is 2. The fourth-order valence-corrected chi connectivity index (χ4v) is 2.15. The number of nitrogens with one attached hydrogen (secondary N) is 2. The van der Waals surface area contributed by atoms with Crippen molar-refractivity contribution in [3.8, 4) is 0 Å². The highest BCUT2D eigenvalue weighted by Gasteiger charge is 2.20. The molecular formula is C16H30N2O6. The van der Waals surface area contributed by atoms with Crippen LogP contribution < -0.4 is 10.6 Å². The molecule has 8 heteroatoms. The van der Waals surface area contributed by atoms with E-state index in [-0.39, 0.29) is 5.78 Å². The largest absolute Gasteiger partial charge is 0.453 e. The van der Waals surface area contributed by atoms with Gasteiger partial charge in [-0.05, 0) is 32.1 Å². The van der Waals surface area contributed by atoms with Crippen molar-refractivity contribution in [2.45, 2.75) is 51.0 Å². The first-order valence-corrected chi connectivity index (χ1v) is 8.23. The topological polar surface area (TPSA) is 103 Å². The SMILES string of the molecule is COCCCCCC(=O)[C@H](CCCCNC(=O)OC)NC(=O)OC. The number of Topliss-reactive ketones (excluding diaryl/α,β-unsaturated/α-hetero) is 1. The highest BCUT2D eigenvalue weighted by molar-refractivity contribution is 5.87. The van der Waals surface area contributed by atoms with Gasteiger partial charge in [-0.25, -0.2) is 9.59 Å². The number of carbonyl (C=O) groups excluding carboxylic acids is 3. The van der Waals surface area contributed by atoms with Gasteiger partial charge in [0.05, 0.1) is 20.3 Å². The lowest BCUT2D eigenvalue weighted by Gasteiger charge is -2.17. The second kappa shape index (κ2) is 14.7. The summed E-state index contributed by atoms with van der Waals surface area (Å²) < 4.78 is 14.0. The first-order valence-electron chi connectivity index (χ1n) is 8.23. The summed E-state index contributed by atoms with van der Waals surface area (Å²) in [5.41, 5.74) is 0. The molecule has 0 aromatic rings. The van der Waals surface area contributed by atoms with E-state index >= 15 is 0 Å². The molecule has 0 saturated carbocycles. The van der Waals surface area contributed by atoms with Crippen molar-refractivity contribution in [1.29, 1.82) is 0 Å². The zero-order valence-electron chi connectivity index (χ0n) is 14.9. The molecule has 0 aliphatic heterocycles. The van der Waals surface area contributed by atoms with E-state index in [1.54, 1.807) is 7.11 Å². The Morgan fingerprint density at radius 3 is 2.21 bits per heavy atom. The van der Waals surface area contributed by atoms with Gasteiger partial charge in [-0.3, -0.25) is 4.79 Å². The molecule has 0 aromatic carbocycles. The van der Waals surface area contributed by atoms with Crippen LogP contribution in [0, 0.1) is 0 Å². The van der Waals surface area contributed by atoms with Gasteiger partial charge >= 0.3 is 12.2 Å². The number of ketones is 1. The number of amides is 2. The van der Waals surface area contributed by atoms with Gasteiger partial charge in [0.25, 0.3) is 0 Å². The fourth-order valence-electron chi connectivity index (χ4n) is 2.15. The van der Waals surface area contributed by atoms with Crippen LogP contribution >= 0.6 is 0 Å². The predicted molar refractivity (Wildman–Crippen MR) is 88.9 cm³/mol. The quantitative estimate of drug-likeness (QED) is 0.495. The third-order valence-electron chi connectivity index (χ3n) is 3.51. The Balaban J connectivity index is 4.14. The van der Waals surface area contributed by atoms with E-state index < -0.39 is 18.2 Å². The van der Waals surface area contributed by atoms with E-state index in [1.165, 1.54) is 14.2 Å². The number of carbonyl (C=O) groups is 3. The summed E-state index contributed by atoms with van der Waals surface area (Å²) in [6.45, 7) is 1.15. The van der Waals surface area contributed by atoms with Crippen LogP contribution in [0.3, 0.4) is 0 Å². The van der Waals surface area contributed by atoms with E-state index in [4.69, 9.17) is 4.74 Å². The van der Waals surface area contributed by atoms with Gasteiger partial charge in [0.1, 0.15) is 0 Å². The van der Waals surface area contributed by atoms with Crippen molar-refractivity contribution < 1.29 is 28.6 Å². The van der Waals surface area contributed by atoms with E-state index in [2.05, 4.69) is 20.1 Å². The van der Waals surface area contributed by atoms with Crippen molar-refractivity contribution in [2.24, 2.45) is 0 Å². The number of methoxy groups -OCH3 is 3. The second-order valence-corrected chi connectivity index (χ2v) is 5.37. The summed E-state index contributed by atoms with van der Waals surface area (Å²) in [7, 11) is 4.22. The number of unbranched alkanes of at least 4 members (excludes halogenated alkanes) is 3. The summed E-state index contributed by atoms with van der Waals surface area (Å²) in [6.07, 6.45) is 3.81. The van der Waals surface area contributed by atoms with Crippen LogP contribution in [0.1, 0.15) is 44.9 Å². The molecule has 0 heterocycles. The van der Waals surface area contributed by atoms with Crippen LogP contribution in [0.2, 0.25) is 0 Å². The minimum absolute atomic E-state index is 0.00116. The van der Waals surface area contributed by atoms with Crippen molar-refractivity contribution >= 4 is 18.0 Å². The highest BCUT2D eigenvalue weighted by Crippen LogP contribution is 2.08. The Morgan fingerprint density at radius 2 is 1.58 bits per heavy atom. The van der Waals surface area contributed by atoms with Gasteiger partial charge in [-0.15, -0.1) is 0 Å². The number of hydrogen-bond donors (Lipinski definition) is 2. The molecule has 0 unspecified atom stereocenters. The standard InChI is InChI=1S/C16H30N2O6/c1-22-12-8-4-5-10-14(19)13(18-16(21)24-3)9-6-7-11-17-15(20)23-2/h13H,4-12H2,1-3H3,(H,17,20)(H,18,21)/t13-/m0/s1. The van der Waals surface area contributed by atoms with Gasteiger partial charge in [0, 0.05) is 26.7 Å². The van der Waals surface area contributed by atoms with Crippen LogP contribution in [-0.2, 0) is 19.0 Å². The molecule has 140 valence electrons. The molecule has 24 heavy (non-hydrogen) atoms. The van der Waals surface area contributed by atoms with E-state index in [0.717, 1.165) is 19.3 Å². The molecule has 0 aromatic heterocycles. The molecule has 1 atom stereocenters. The Hall–Kier alpha value is -1.83. The molecule has 2 amide bonds. The first-order chi connectivity index (χ1) is 11.5. The maximum Gasteiger partial charge on any atom is 0.407 e. The maximum atomic E-state index is 12.3. The lowest BCUT2D eigenvalue weighted by Crippen LogP contribution is -2.40. The smallest absolute Gasteiger partial charge is 0.407 e. The van der Waals surface area contributed by atoms with Gasteiger partial charge in [0.2, 0.25) is 0 Å². The summed E-state index contributed by atoms with van der Waals surface area (Å²) in [5, 5.41) is 5.15. The Kier molecular flexibility index (Phi) is 13.6. The molecule has 0 bridgehead atoms. The summed E-state index contributed by atoms with van der Waals surface area (Å²) in [5.74, 6) is -0.00116. The van der Waals surface area contributed by atoms with Gasteiger partial charge < -0.3 is 24.8 Å². The predicted octanol–water partition coefficient (Wildman–Crippen LogP) is 2.01. The molecular weight excluding hydrogens is 316 g/mol. The normalized spacial score (nSPS) is 11.5. The summed E-state index contributed by atoms with van der Waals surface area (Å²) in [6, 6.07) is -0.557. The zero-order chi connectivity index (χ0) is 18.2. The van der Waals surface area contributed by atoms with E-state index in [1.807, 2.05) is 0 Å². The summed E-state index contributed by atoms with van der Waals surface area (Å²) in [4.78, 5) is 34.6. The molecule has 0 radical (unpaired) electrons. The molecule has 0 aliphatic rings. The molecule has 0 spiro atoms. The minimum Gasteiger partial charge on any atom is -0.453 e. The number of hydrogen-bond acceptors (Lipinski definition) is 6. The molecule has 0 saturated heterocycles. The number of rotatable bonds is 13. The molecule has 8 nitrogen and oxygen atoms in total. The molecule has 0 fully saturated rings. The summed E-state index contributed by atoms with van der Waals surface area (Å²) >= 11 is 0. The molecule has 0 rings (SSSR count). The lowest BCUT2D eigenvalue weighted by molar-refractivity contribution is -0.121. The number of ether oxygens (including phenoxy) is 3. The van der Waals surface area contributed by atoms with E-state index in [0.29, 0.717) is 38.8 Å². The second-order valence-electron chi connectivity index (χ2n) is 5.37. The van der Waals surface area contributed by atoms with E-state index in [9.17, 15) is 14.4 Å². The third kappa shape index (κ3) is 11.7. The highest BCUT2D eigenvalue weighted by atomic mass is 16.5. The maximum absolute atomic E-state index is 12.3. The van der Waals surface area contributed by atoms with Crippen molar-refractivity contribution in [3.63, 3.8) is 0 Å². The Labute approximate surface area is 143 Å². The average Bonchev–Trinajstić information content (AvgIpc) is 2.59. The first kappa shape index (κ1) is 22.2. The van der Waals surface area contributed by atoms with Gasteiger partial charge in [0.15, 0.2) is 5.78 Å². The average molecular weight is 346 g/mol. The van der Waals surface area contributed by atoms with Crippen molar-refractivity contribution in [1.82, 2.24) is 10.6 Å². The zero-order valence-corrected chi connectivity index (χ0v) is 14.9. The fraction of sp³-hybridized carbons (Fsp3) is 0.812. The van der Waals surface area contributed by atoms with Crippen LogP contribution in [0.25, 0.3) is 0 Å². The van der Waals surface area contributed by atoms with Crippen molar-refractivity contribution in [2.75, 3.05) is 34.5 Å². The molecule has 2 N–H and O–H groups in total. The van der Waals surface area contributed by atoms with Crippen LogP contribution in [0.15, 0.2) is 0 Å². The van der Waals surface area contributed by atoms with Crippen LogP contribution in [0.4, 0.5) is 9.59 Å². The third-order valence-corrected chi connectivity index (χ3v) is 3.51. The van der Waals surface area contributed by atoms with Gasteiger partial charge in [-0.1, -0.05) is 6.42 Å². The minimum atomic E-state index is -0.611. The van der Waals surface area contributed by atoms with Crippen LogP contribution in [-0.4, -0.2) is 58.5 Å². The lowest BCUT2D eigenvalue weighted by atomic mass is 10.0. The monoisotopic (exact) mass is 346 g/mol.